The number of rotatable bonds is 5. The Morgan fingerprint density at radius 1 is 1.31 bits per heavy atom. The van der Waals surface area contributed by atoms with Gasteiger partial charge in [-0.15, -0.1) is 0 Å². The summed E-state index contributed by atoms with van der Waals surface area (Å²) in [6.45, 7) is 2.77. The molecule has 0 N–H and O–H groups in total. The minimum Gasteiger partial charge on any atom is -0.415 e. The summed E-state index contributed by atoms with van der Waals surface area (Å²) in [4.78, 5) is 0. The number of hydrogen-bond acceptors (Lipinski definition) is 2. The minimum atomic E-state index is -0.378. The van der Waals surface area contributed by atoms with Crippen molar-refractivity contribution in [2.45, 2.75) is 12.7 Å². The van der Waals surface area contributed by atoms with E-state index < -0.39 is 0 Å². The largest absolute Gasteiger partial charge is 0.415 e. The normalized spacial score (nSPS) is 13.7. The van der Waals surface area contributed by atoms with Gasteiger partial charge in [-0.3, -0.25) is 0 Å². The Bertz CT molecular complexity index is 220. The molecule has 1 aromatic rings. The van der Waals surface area contributed by atoms with Crippen LogP contribution in [0.15, 0.2) is 30.3 Å². The summed E-state index contributed by atoms with van der Waals surface area (Å²) >= 11 is 0. The predicted molar refractivity (Wildman–Crippen MR) is 56.6 cm³/mol. The molecule has 0 bridgehead atoms. The average Bonchev–Trinajstić information content (AvgIpc) is 2.19. The molecule has 2 nitrogen and oxygen atoms in total. The molecule has 0 aliphatic rings. The van der Waals surface area contributed by atoms with E-state index in [1.165, 1.54) is 5.56 Å². The van der Waals surface area contributed by atoms with E-state index in [0.29, 0.717) is 6.61 Å². The van der Waals surface area contributed by atoms with E-state index >= 15 is 0 Å². The van der Waals surface area contributed by atoms with Crippen molar-refractivity contribution < 1.29 is 9.16 Å². The van der Waals surface area contributed by atoms with Gasteiger partial charge in [0.2, 0.25) is 0 Å². The van der Waals surface area contributed by atoms with Crippen LogP contribution in [0, 0.1) is 0 Å². The van der Waals surface area contributed by atoms with E-state index in [-0.39, 0.29) is 15.9 Å². The van der Waals surface area contributed by atoms with E-state index in [1.807, 2.05) is 18.2 Å². The van der Waals surface area contributed by atoms with Gasteiger partial charge in [-0.1, -0.05) is 36.9 Å². The maximum absolute atomic E-state index is 5.68. The quantitative estimate of drug-likeness (QED) is 0.665. The van der Waals surface area contributed by atoms with Crippen LogP contribution in [0.1, 0.15) is 11.7 Å². The molecule has 1 rings (SSSR count). The van der Waals surface area contributed by atoms with Crippen LogP contribution < -0.4 is 0 Å². The van der Waals surface area contributed by atoms with Crippen LogP contribution in [-0.4, -0.2) is 23.5 Å². The van der Waals surface area contributed by atoms with Gasteiger partial charge in [0, 0.05) is 7.11 Å². The molecule has 0 aromatic heterocycles. The highest BCUT2D eigenvalue weighted by Crippen LogP contribution is 2.16. The molecule has 0 radical (unpaired) electrons. The summed E-state index contributed by atoms with van der Waals surface area (Å²) in [7, 11) is 1.33. The zero-order valence-electron chi connectivity index (χ0n) is 8.19. The molecule has 1 unspecified atom stereocenters. The fourth-order valence-electron chi connectivity index (χ4n) is 1.26. The number of ether oxygens (including phenoxy) is 1. The fraction of sp³-hybridized carbons (Fsp3) is 0.400. The van der Waals surface area contributed by atoms with E-state index in [0.717, 1.165) is 0 Å². The van der Waals surface area contributed by atoms with E-state index in [2.05, 4.69) is 18.7 Å². The van der Waals surface area contributed by atoms with Gasteiger partial charge in [-0.05, 0) is 5.56 Å². The summed E-state index contributed by atoms with van der Waals surface area (Å²) in [5, 5.41) is 0. The second-order valence-corrected chi connectivity index (χ2v) is 3.72. The zero-order valence-corrected chi connectivity index (χ0v) is 9.61. The van der Waals surface area contributed by atoms with Gasteiger partial charge >= 0.3 is 0 Å². The lowest BCUT2D eigenvalue weighted by atomic mass is 10.1. The molecule has 0 spiro atoms. The Labute approximate surface area is 81.8 Å². The maximum atomic E-state index is 5.68. The summed E-state index contributed by atoms with van der Waals surface area (Å²) in [6.07, 6.45) is 0.128. The highest BCUT2D eigenvalue weighted by Gasteiger charge is 2.08. The Morgan fingerprint density at radius 3 is 2.54 bits per heavy atom. The molecule has 3 heteroatoms. The molecule has 0 aliphatic carbocycles. The van der Waals surface area contributed by atoms with Crippen molar-refractivity contribution in [2.24, 2.45) is 0 Å². The van der Waals surface area contributed by atoms with Gasteiger partial charge in [-0.25, -0.2) is 0 Å². The standard InChI is InChI=1S/C10H16O2Si/c1-11-8-10(12-13-2)9-6-4-3-5-7-9/h3-7,10H,8,13H2,1-2H3. The van der Waals surface area contributed by atoms with Gasteiger partial charge in [0.25, 0.3) is 0 Å². The number of methoxy groups -OCH3 is 1. The van der Waals surface area contributed by atoms with Crippen LogP contribution in [0.5, 0.6) is 0 Å². The Kier molecular flexibility index (Phi) is 4.75. The lowest BCUT2D eigenvalue weighted by Crippen LogP contribution is -2.11. The Hall–Kier alpha value is -0.643. The predicted octanol–water partition coefficient (Wildman–Crippen LogP) is 1.52. The molecule has 13 heavy (non-hydrogen) atoms. The molecule has 1 aromatic carbocycles. The molecule has 0 saturated heterocycles. The van der Waals surface area contributed by atoms with Crippen LogP contribution in [-0.2, 0) is 9.16 Å². The summed E-state index contributed by atoms with van der Waals surface area (Å²) in [6, 6.07) is 10.2. The minimum absolute atomic E-state index is 0.128. The third-order valence-electron chi connectivity index (χ3n) is 1.86. The summed E-state index contributed by atoms with van der Waals surface area (Å²) < 4.78 is 10.8. The first-order chi connectivity index (χ1) is 6.38. The van der Waals surface area contributed by atoms with Crippen molar-refractivity contribution in [1.29, 1.82) is 0 Å². The van der Waals surface area contributed by atoms with Crippen molar-refractivity contribution in [3.8, 4) is 0 Å². The van der Waals surface area contributed by atoms with Crippen LogP contribution >= 0.6 is 0 Å². The van der Waals surface area contributed by atoms with Crippen LogP contribution in [0.25, 0.3) is 0 Å². The van der Waals surface area contributed by atoms with Crippen molar-refractivity contribution >= 4 is 9.76 Å². The SMILES string of the molecule is COCC(O[SiH2]C)c1ccccc1. The van der Waals surface area contributed by atoms with Gasteiger partial charge in [0.05, 0.1) is 12.7 Å². The smallest absolute Gasteiger partial charge is 0.159 e. The van der Waals surface area contributed by atoms with E-state index in [1.54, 1.807) is 7.11 Å². The number of benzene rings is 1. The third-order valence-corrected chi connectivity index (χ3v) is 2.59. The molecule has 0 fully saturated rings. The average molecular weight is 196 g/mol. The van der Waals surface area contributed by atoms with Crippen molar-refractivity contribution in [2.75, 3.05) is 13.7 Å². The topological polar surface area (TPSA) is 18.5 Å². The van der Waals surface area contributed by atoms with Gasteiger partial charge in [0.1, 0.15) is 0 Å². The van der Waals surface area contributed by atoms with Gasteiger partial charge < -0.3 is 9.16 Å². The molecule has 0 heterocycles. The zero-order chi connectivity index (χ0) is 9.52. The highest BCUT2D eigenvalue weighted by atomic mass is 28.2. The van der Waals surface area contributed by atoms with E-state index in [4.69, 9.17) is 9.16 Å². The summed E-state index contributed by atoms with van der Waals surface area (Å²) in [5.74, 6) is 0. The van der Waals surface area contributed by atoms with Crippen molar-refractivity contribution in [3.05, 3.63) is 35.9 Å². The molecular formula is C10H16O2Si. The highest BCUT2D eigenvalue weighted by molar-refractivity contribution is 6.24. The third kappa shape index (κ3) is 3.30. The maximum Gasteiger partial charge on any atom is 0.159 e. The lowest BCUT2D eigenvalue weighted by molar-refractivity contribution is 0.0845. The first-order valence-electron chi connectivity index (χ1n) is 4.54. The monoisotopic (exact) mass is 196 g/mol. The Balaban J connectivity index is 2.64. The van der Waals surface area contributed by atoms with Gasteiger partial charge in [-0.2, -0.15) is 0 Å². The summed E-state index contributed by atoms with van der Waals surface area (Å²) in [5.41, 5.74) is 1.21. The molecule has 0 saturated carbocycles. The molecular weight excluding hydrogens is 180 g/mol. The van der Waals surface area contributed by atoms with Gasteiger partial charge in [0.15, 0.2) is 9.76 Å². The van der Waals surface area contributed by atoms with Crippen LogP contribution in [0.4, 0.5) is 0 Å². The van der Waals surface area contributed by atoms with E-state index in [9.17, 15) is 0 Å². The Morgan fingerprint density at radius 2 is 2.00 bits per heavy atom. The van der Waals surface area contributed by atoms with Crippen molar-refractivity contribution in [1.82, 2.24) is 0 Å². The molecule has 0 aliphatic heterocycles. The second-order valence-electron chi connectivity index (χ2n) is 2.81. The first-order valence-corrected chi connectivity index (χ1v) is 6.53. The number of hydrogen-bond donors (Lipinski definition) is 0. The van der Waals surface area contributed by atoms with Crippen LogP contribution in [0.2, 0.25) is 6.55 Å². The lowest BCUT2D eigenvalue weighted by Gasteiger charge is -2.16. The van der Waals surface area contributed by atoms with Crippen LogP contribution in [0.3, 0.4) is 0 Å². The second kappa shape index (κ2) is 5.91. The first kappa shape index (κ1) is 10.4. The molecule has 1 atom stereocenters. The van der Waals surface area contributed by atoms with Crippen molar-refractivity contribution in [3.63, 3.8) is 0 Å². The fourth-order valence-corrected chi connectivity index (χ4v) is 1.95. The molecule has 0 amide bonds. The molecule has 72 valence electrons.